The van der Waals surface area contributed by atoms with Crippen molar-refractivity contribution in [2.45, 2.75) is 32.7 Å². The number of carbonyl (C=O) groups excluding carboxylic acids is 3. The zero-order chi connectivity index (χ0) is 24.9. The molecule has 2 fully saturated rings. The Kier molecular flexibility index (Phi) is 7.65. The second-order valence-corrected chi connectivity index (χ2v) is 9.48. The Hall–Kier alpha value is -3.46. The van der Waals surface area contributed by atoms with Crippen LogP contribution >= 0.6 is 11.8 Å². The molecule has 2 aromatic carbocycles. The molecule has 9 heteroatoms. The van der Waals surface area contributed by atoms with Gasteiger partial charge >= 0.3 is 0 Å². The van der Waals surface area contributed by atoms with E-state index in [0.29, 0.717) is 22.0 Å². The summed E-state index contributed by atoms with van der Waals surface area (Å²) in [6.07, 6.45) is 3.66. The number of carbonyl (C=O) groups is 3. The Balaban J connectivity index is 1.36. The van der Waals surface area contributed by atoms with Crippen LogP contribution in [0.1, 0.15) is 29.5 Å². The Bertz CT molecular complexity index is 1170. The van der Waals surface area contributed by atoms with Crippen molar-refractivity contribution in [1.29, 1.82) is 0 Å². The summed E-state index contributed by atoms with van der Waals surface area (Å²) in [6.45, 7) is 4.20. The van der Waals surface area contributed by atoms with Crippen molar-refractivity contribution in [1.82, 2.24) is 10.2 Å². The number of benzene rings is 2. The molecule has 1 aliphatic heterocycles. The summed E-state index contributed by atoms with van der Waals surface area (Å²) in [6, 6.07) is 11.3. The molecule has 4 rings (SSSR count). The summed E-state index contributed by atoms with van der Waals surface area (Å²) < 4.78 is 16.8. The molecule has 0 unspecified atom stereocenters. The summed E-state index contributed by atoms with van der Waals surface area (Å²) in [7, 11) is 1.50. The van der Waals surface area contributed by atoms with E-state index >= 15 is 0 Å². The molecule has 1 saturated heterocycles. The standard InChI is InChI=1S/C26H28N2O6S/c1-16-4-5-17(2)21(12-16)33-11-10-28-25(30)23(35-26(28)31)14-18-6-9-20(22(13-18)32-3)34-15-24(29)27-19-7-8-19/h4-6,9,12-14,19H,7-8,10-11,15H2,1-3H3,(H,27,29)/b23-14-. The largest absolute Gasteiger partial charge is 0.493 e. The lowest BCUT2D eigenvalue weighted by Gasteiger charge is -2.14. The van der Waals surface area contributed by atoms with Gasteiger partial charge in [0.15, 0.2) is 18.1 Å². The minimum Gasteiger partial charge on any atom is -0.493 e. The van der Waals surface area contributed by atoms with E-state index in [2.05, 4.69) is 5.32 Å². The van der Waals surface area contributed by atoms with E-state index in [1.54, 1.807) is 24.3 Å². The van der Waals surface area contributed by atoms with E-state index in [0.717, 1.165) is 41.5 Å². The fourth-order valence-electron chi connectivity index (χ4n) is 3.49. The van der Waals surface area contributed by atoms with Gasteiger partial charge in [-0.1, -0.05) is 18.2 Å². The predicted octanol–water partition coefficient (Wildman–Crippen LogP) is 4.08. The highest BCUT2D eigenvalue weighted by Gasteiger charge is 2.35. The van der Waals surface area contributed by atoms with Gasteiger partial charge in [-0.05, 0) is 79.4 Å². The number of hydrogen-bond acceptors (Lipinski definition) is 7. The second kappa shape index (κ2) is 10.9. The van der Waals surface area contributed by atoms with Gasteiger partial charge in [-0.25, -0.2) is 0 Å². The second-order valence-electron chi connectivity index (χ2n) is 8.49. The first-order valence-corrected chi connectivity index (χ1v) is 12.2. The number of aryl methyl sites for hydroxylation is 2. The van der Waals surface area contributed by atoms with E-state index in [1.807, 2.05) is 32.0 Å². The highest BCUT2D eigenvalue weighted by atomic mass is 32.2. The first kappa shape index (κ1) is 24.7. The smallest absolute Gasteiger partial charge is 0.293 e. The minimum absolute atomic E-state index is 0.102. The summed E-state index contributed by atoms with van der Waals surface area (Å²) in [4.78, 5) is 38.7. The number of rotatable bonds is 10. The van der Waals surface area contributed by atoms with Crippen molar-refractivity contribution in [3.05, 3.63) is 58.0 Å². The van der Waals surface area contributed by atoms with Crippen molar-refractivity contribution in [3.63, 3.8) is 0 Å². The number of ether oxygens (including phenoxy) is 3. The molecule has 0 spiro atoms. The third kappa shape index (κ3) is 6.36. The molecule has 0 atom stereocenters. The van der Waals surface area contributed by atoms with Gasteiger partial charge < -0.3 is 19.5 Å². The highest BCUT2D eigenvalue weighted by Crippen LogP contribution is 2.34. The van der Waals surface area contributed by atoms with E-state index in [4.69, 9.17) is 14.2 Å². The molecule has 2 aromatic rings. The van der Waals surface area contributed by atoms with Crippen LogP contribution < -0.4 is 19.5 Å². The van der Waals surface area contributed by atoms with Crippen LogP contribution in [-0.2, 0) is 9.59 Å². The summed E-state index contributed by atoms with van der Waals surface area (Å²) in [5.41, 5.74) is 2.75. The topological polar surface area (TPSA) is 94.2 Å². The first-order chi connectivity index (χ1) is 16.8. The highest BCUT2D eigenvalue weighted by molar-refractivity contribution is 8.18. The maximum Gasteiger partial charge on any atom is 0.293 e. The molecule has 184 valence electrons. The number of amides is 3. The maximum atomic E-state index is 12.8. The van der Waals surface area contributed by atoms with E-state index in [-0.39, 0.29) is 42.9 Å². The van der Waals surface area contributed by atoms with Crippen molar-refractivity contribution in [3.8, 4) is 17.2 Å². The molecule has 2 aliphatic rings. The molecule has 0 bridgehead atoms. The van der Waals surface area contributed by atoms with Gasteiger partial charge in [0.05, 0.1) is 18.6 Å². The van der Waals surface area contributed by atoms with Crippen molar-refractivity contribution >= 4 is 34.9 Å². The van der Waals surface area contributed by atoms with Crippen LogP contribution in [0.3, 0.4) is 0 Å². The number of imide groups is 1. The molecule has 1 heterocycles. The maximum absolute atomic E-state index is 12.8. The fourth-order valence-corrected chi connectivity index (χ4v) is 4.35. The molecular weight excluding hydrogens is 468 g/mol. The fraction of sp³-hybridized carbons (Fsp3) is 0.346. The van der Waals surface area contributed by atoms with E-state index in [1.165, 1.54) is 12.0 Å². The lowest BCUT2D eigenvalue weighted by atomic mass is 10.1. The Morgan fingerprint density at radius 1 is 1.09 bits per heavy atom. The number of hydrogen-bond donors (Lipinski definition) is 1. The zero-order valence-electron chi connectivity index (χ0n) is 20.0. The molecule has 0 radical (unpaired) electrons. The Morgan fingerprint density at radius 3 is 2.63 bits per heavy atom. The molecule has 8 nitrogen and oxygen atoms in total. The first-order valence-electron chi connectivity index (χ1n) is 11.4. The summed E-state index contributed by atoms with van der Waals surface area (Å²) in [5, 5.41) is 2.53. The van der Waals surface area contributed by atoms with Gasteiger partial charge in [-0.2, -0.15) is 0 Å². The van der Waals surface area contributed by atoms with Gasteiger partial charge in [0.25, 0.3) is 17.1 Å². The van der Waals surface area contributed by atoms with Crippen molar-refractivity contribution in [2.75, 3.05) is 26.9 Å². The molecule has 3 amide bonds. The minimum atomic E-state index is -0.361. The normalized spacial score (nSPS) is 16.5. The van der Waals surface area contributed by atoms with Gasteiger partial charge in [0.2, 0.25) is 0 Å². The van der Waals surface area contributed by atoms with Crippen LogP contribution in [0, 0.1) is 13.8 Å². The molecule has 0 aromatic heterocycles. The summed E-state index contributed by atoms with van der Waals surface area (Å²) in [5.74, 6) is 1.06. The average Bonchev–Trinajstić information content (AvgIpc) is 3.61. The van der Waals surface area contributed by atoms with Crippen LogP contribution in [-0.4, -0.2) is 54.9 Å². The van der Waals surface area contributed by atoms with E-state index in [9.17, 15) is 14.4 Å². The van der Waals surface area contributed by atoms with Gasteiger partial charge in [-0.3, -0.25) is 19.3 Å². The summed E-state index contributed by atoms with van der Waals surface area (Å²) >= 11 is 0.890. The number of nitrogens with one attached hydrogen (secondary N) is 1. The van der Waals surface area contributed by atoms with Crippen LogP contribution in [0.5, 0.6) is 17.2 Å². The quantitative estimate of drug-likeness (QED) is 0.495. The van der Waals surface area contributed by atoms with Crippen molar-refractivity contribution < 1.29 is 28.6 Å². The third-order valence-corrected chi connectivity index (χ3v) is 6.48. The van der Waals surface area contributed by atoms with Crippen LogP contribution in [0.2, 0.25) is 0 Å². The molecule has 1 aliphatic carbocycles. The van der Waals surface area contributed by atoms with Crippen molar-refractivity contribution in [2.24, 2.45) is 0 Å². The zero-order valence-corrected chi connectivity index (χ0v) is 20.8. The lowest BCUT2D eigenvalue weighted by Crippen LogP contribution is -2.32. The Morgan fingerprint density at radius 2 is 1.89 bits per heavy atom. The lowest BCUT2D eigenvalue weighted by molar-refractivity contribution is -0.123. The van der Waals surface area contributed by atoms with Crippen LogP contribution in [0.25, 0.3) is 6.08 Å². The molecular formula is C26H28N2O6S. The molecule has 35 heavy (non-hydrogen) atoms. The van der Waals surface area contributed by atoms with Gasteiger partial charge in [0, 0.05) is 6.04 Å². The van der Waals surface area contributed by atoms with Gasteiger partial charge in [0.1, 0.15) is 12.4 Å². The van der Waals surface area contributed by atoms with Gasteiger partial charge in [-0.15, -0.1) is 0 Å². The third-order valence-electron chi connectivity index (χ3n) is 5.58. The van der Waals surface area contributed by atoms with E-state index < -0.39 is 0 Å². The van der Waals surface area contributed by atoms with Crippen LogP contribution in [0.4, 0.5) is 4.79 Å². The number of nitrogens with zero attached hydrogens (tertiary/aromatic N) is 1. The SMILES string of the molecule is COc1cc(/C=C2\SC(=O)N(CCOc3cc(C)ccc3C)C2=O)ccc1OCC(=O)NC1CC1. The Labute approximate surface area is 208 Å². The monoisotopic (exact) mass is 496 g/mol. The molecule has 1 saturated carbocycles. The molecule has 1 N–H and O–H groups in total. The predicted molar refractivity (Wildman–Crippen MR) is 134 cm³/mol. The average molecular weight is 497 g/mol. The number of methoxy groups -OCH3 is 1. The number of thioether (sulfide) groups is 1. The van der Waals surface area contributed by atoms with Crippen LogP contribution in [0.15, 0.2) is 41.3 Å².